The van der Waals surface area contributed by atoms with Gasteiger partial charge in [-0.3, -0.25) is 4.79 Å². The average molecular weight is 185 g/mol. The molecule has 0 saturated carbocycles. The lowest BCUT2D eigenvalue weighted by molar-refractivity contribution is -0.658. The predicted molar refractivity (Wildman–Crippen MR) is 47.2 cm³/mol. The van der Waals surface area contributed by atoms with Crippen LogP contribution in [0, 0.1) is 0 Å². The molecule has 0 aromatic heterocycles. The maximum atomic E-state index is 11.8. The van der Waals surface area contributed by atoms with Gasteiger partial charge in [-0.2, -0.15) is 0 Å². The van der Waals surface area contributed by atoms with Crippen molar-refractivity contribution in [2.24, 2.45) is 0 Å². The zero-order valence-electron chi connectivity index (χ0n) is 7.87. The van der Waals surface area contributed by atoms with E-state index in [9.17, 15) is 4.79 Å². The SMILES string of the molecule is O=C([C@@H]1CCC[NH2+]1)N1CCOCC1. The van der Waals surface area contributed by atoms with Gasteiger partial charge in [0, 0.05) is 25.9 Å². The molecule has 0 spiro atoms. The summed E-state index contributed by atoms with van der Waals surface area (Å²) in [7, 11) is 0. The molecule has 2 rings (SSSR count). The Morgan fingerprint density at radius 1 is 1.38 bits per heavy atom. The van der Waals surface area contributed by atoms with Gasteiger partial charge in [-0.1, -0.05) is 0 Å². The first-order valence-electron chi connectivity index (χ1n) is 5.08. The Morgan fingerprint density at radius 2 is 2.15 bits per heavy atom. The molecule has 2 N–H and O–H groups in total. The molecule has 2 aliphatic rings. The summed E-state index contributed by atoms with van der Waals surface area (Å²) in [4.78, 5) is 13.8. The fourth-order valence-electron chi connectivity index (χ4n) is 2.02. The number of hydrogen-bond donors (Lipinski definition) is 1. The third kappa shape index (κ3) is 2.00. The number of carbonyl (C=O) groups is 1. The van der Waals surface area contributed by atoms with Crippen LogP contribution in [0.25, 0.3) is 0 Å². The fourth-order valence-corrected chi connectivity index (χ4v) is 2.02. The molecular formula is C9H17N2O2+. The highest BCUT2D eigenvalue weighted by atomic mass is 16.5. The van der Waals surface area contributed by atoms with Gasteiger partial charge in [-0.25, -0.2) is 0 Å². The van der Waals surface area contributed by atoms with E-state index in [1.165, 1.54) is 6.42 Å². The first kappa shape index (κ1) is 8.97. The molecule has 1 amide bonds. The van der Waals surface area contributed by atoms with E-state index < -0.39 is 0 Å². The lowest BCUT2D eigenvalue weighted by Gasteiger charge is -2.27. The lowest BCUT2D eigenvalue weighted by Crippen LogP contribution is -2.89. The van der Waals surface area contributed by atoms with Crippen LogP contribution in [-0.2, 0) is 9.53 Å². The largest absolute Gasteiger partial charge is 0.378 e. The molecule has 2 aliphatic heterocycles. The molecule has 4 nitrogen and oxygen atoms in total. The van der Waals surface area contributed by atoms with Crippen LogP contribution < -0.4 is 5.32 Å². The van der Waals surface area contributed by atoms with Crippen LogP contribution in [0.15, 0.2) is 0 Å². The van der Waals surface area contributed by atoms with Gasteiger partial charge in [0.15, 0.2) is 6.04 Å². The molecule has 1 atom stereocenters. The minimum Gasteiger partial charge on any atom is -0.378 e. The second kappa shape index (κ2) is 4.07. The summed E-state index contributed by atoms with van der Waals surface area (Å²) in [5.74, 6) is 0.320. The summed E-state index contributed by atoms with van der Waals surface area (Å²) in [5.41, 5.74) is 0. The number of rotatable bonds is 1. The summed E-state index contributed by atoms with van der Waals surface area (Å²) >= 11 is 0. The van der Waals surface area contributed by atoms with Gasteiger partial charge in [0.05, 0.1) is 19.8 Å². The highest BCUT2D eigenvalue weighted by Crippen LogP contribution is 2.04. The first-order chi connectivity index (χ1) is 6.38. The van der Waals surface area contributed by atoms with Crippen LogP contribution in [0.5, 0.6) is 0 Å². The van der Waals surface area contributed by atoms with E-state index in [1.807, 2.05) is 4.90 Å². The highest BCUT2D eigenvalue weighted by molar-refractivity contribution is 5.80. The van der Waals surface area contributed by atoms with E-state index in [0.717, 1.165) is 26.1 Å². The number of hydrogen-bond acceptors (Lipinski definition) is 2. The van der Waals surface area contributed by atoms with Crippen molar-refractivity contribution in [3.8, 4) is 0 Å². The average Bonchev–Trinajstić information content (AvgIpc) is 2.71. The topological polar surface area (TPSA) is 46.2 Å². The Labute approximate surface area is 78.2 Å². The van der Waals surface area contributed by atoms with Crippen molar-refractivity contribution in [3.05, 3.63) is 0 Å². The Kier molecular flexibility index (Phi) is 2.80. The number of nitrogens with two attached hydrogens (primary N) is 1. The molecule has 0 aliphatic carbocycles. The van der Waals surface area contributed by atoms with Gasteiger partial charge < -0.3 is 15.0 Å². The van der Waals surface area contributed by atoms with Crippen molar-refractivity contribution >= 4 is 5.91 Å². The van der Waals surface area contributed by atoms with E-state index in [-0.39, 0.29) is 6.04 Å². The van der Waals surface area contributed by atoms with Crippen molar-refractivity contribution < 1.29 is 14.8 Å². The number of carbonyl (C=O) groups excluding carboxylic acids is 1. The summed E-state index contributed by atoms with van der Waals surface area (Å²) < 4.78 is 5.21. The van der Waals surface area contributed by atoms with Gasteiger partial charge in [0.2, 0.25) is 0 Å². The van der Waals surface area contributed by atoms with Gasteiger partial charge >= 0.3 is 0 Å². The summed E-state index contributed by atoms with van der Waals surface area (Å²) in [6.45, 7) is 4.09. The van der Waals surface area contributed by atoms with Crippen LogP contribution in [0.1, 0.15) is 12.8 Å². The van der Waals surface area contributed by atoms with Crippen LogP contribution in [0.3, 0.4) is 0 Å². The van der Waals surface area contributed by atoms with E-state index in [4.69, 9.17) is 4.74 Å². The zero-order chi connectivity index (χ0) is 9.10. The molecule has 74 valence electrons. The van der Waals surface area contributed by atoms with Gasteiger partial charge in [-0.05, 0) is 0 Å². The minimum absolute atomic E-state index is 0.207. The Hall–Kier alpha value is -0.610. The molecule has 0 radical (unpaired) electrons. The maximum absolute atomic E-state index is 11.8. The van der Waals surface area contributed by atoms with Gasteiger partial charge in [0.1, 0.15) is 0 Å². The number of morpholine rings is 1. The molecule has 13 heavy (non-hydrogen) atoms. The van der Waals surface area contributed by atoms with Crippen LogP contribution in [0.2, 0.25) is 0 Å². The van der Waals surface area contributed by atoms with Crippen LogP contribution in [0.4, 0.5) is 0 Å². The normalized spacial score (nSPS) is 29.2. The first-order valence-corrected chi connectivity index (χ1v) is 5.08. The standard InChI is InChI=1S/C9H16N2O2/c12-9(8-2-1-3-10-8)11-4-6-13-7-5-11/h8,10H,1-7H2/p+1/t8-/m0/s1. The Morgan fingerprint density at radius 3 is 2.77 bits per heavy atom. The van der Waals surface area contributed by atoms with Crippen molar-refractivity contribution in [1.29, 1.82) is 0 Å². The number of nitrogens with zero attached hydrogens (tertiary/aromatic N) is 1. The smallest absolute Gasteiger partial charge is 0.280 e. The van der Waals surface area contributed by atoms with E-state index in [0.29, 0.717) is 19.1 Å². The number of quaternary nitrogens is 1. The molecule has 2 heterocycles. The molecule has 2 saturated heterocycles. The van der Waals surface area contributed by atoms with E-state index >= 15 is 0 Å². The van der Waals surface area contributed by atoms with Crippen molar-refractivity contribution in [2.75, 3.05) is 32.8 Å². The molecule has 4 heteroatoms. The minimum atomic E-state index is 0.207. The third-order valence-corrected chi connectivity index (χ3v) is 2.81. The summed E-state index contributed by atoms with van der Waals surface area (Å²) in [6, 6.07) is 0.207. The molecule has 0 bridgehead atoms. The van der Waals surface area contributed by atoms with Crippen molar-refractivity contribution in [3.63, 3.8) is 0 Å². The molecule has 2 fully saturated rings. The molecule has 0 aromatic carbocycles. The van der Waals surface area contributed by atoms with Gasteiger partial charge in [0.25, 0.3) is 5.91 Å². The predicted octanol–water partition coefficient (Wildman–Crippen LogP) is -1.43. The van der Waals surface area contributed by atoms with Crippen molar-refractivity contribution in [2.45, 2.75) is 18.9 Å². The van der Waals surface area contributed by atoms with Crippen LogP contribution >= 0.6 is 0 Å². The molecular weight excluding hydrogens is 168 g/mol. The third-order valence-electron chi connectivity index (χ3n) is 2.81. The summed E-state index contributed by atoms with van der Waals surface area (Å²) in [6.07, 6.45) is 2.23. The van der Waals surface area contributed by atoms with Crippen LogP contribution in [-0.4, -0.2) is 49.7 Å². The zero-order valence-corrected chi connectivity index (χ0v) is 7.87. The fraction of sp³-hybridized carbons (Fsp3) is 0.889. The number of ether oxygens (including phenoxy) is 1. The van der Waals surface area contributed by atoms with E-state index in [2.05, 4.69) is 5.32 Å². The highest BCUT2D eigenvalue weighted by Gasteiger charge is 2.30. The van der Waals surface area contributed by atoms with Crippen molar-refractivity contribution in [1.82, 2.24) is 4.90 Å². The molecule has 0 unspecified atom stereocenters. The number of amides is 1. The lowest BCUT2D eigenvalue weighted by atomic mass is 10.2. The second-order valence-corrected chi connectivity index (χ2v) is 3.71. The Bertz CT molecular complexity index is 184. The van der Waals surface area contributed by atoms with E-state index in [1.54, 1.807) is 0 Å². The quantitative estimate of drug-likeness (QED) is 0.544. The molecule has 0 aromatic rings. The van der Waals surface area contributed by atoms with Gasteiger partial charge in [-0.15, -0.1) is 0 Å². The maximum Gasteiger partial charge on any atom is 0.280 e. The summed E-state index contributed by atoms with van der Waals surface area (Å²) in [5, 5.41) is 2.16. The Balaban J connectivity index is 1.87. The second-order valence-electron chi connectivity index (χ2n) is 3.71. The monoisotopic (exact) mass is 185 g/mol.